The molecule has 0 spiro atoms. The van der Waals surface area contributed by atoms with Crippen molar-refractivity contribution in [2.24, 2.45) is 0 Å². The van der Waals surface area contributed by atoms with Crippen molar-refractivity contribution in [2.45, 2.75) is 39.5 Å². The Morgan fingerprint density at radius 2 is 1.82 bits per heavy atom. The fraction of sp³-hybridized carbons (Fsp3) is 0.333. The smallest absolute Gasteiger partial charge is 0.266 e. The van der Waals surface area contributed by atoms with Crippen LogP contribution in [0.25, 0.3) is 11.1 Å². The van der Waals surface area contributed by atoms with Crippen LogP contribution in [0.3, 0.4) is 0 Å². The summed E-state index contributed by atoms with van der Waals surface area (Å²) in [5.41, 5.74) is 6.41. The van der Waals surface area contributed by atoms with Crippen molar-refractivity contribution in [3.63, 3.8) is 0 Å². The van der Waals surface area contributed by atoms with E-state index in [1.54, 1.807) is 18.2 Å². The van der Waals surface area contributed by atoms with Crippen molar-refractivity contribution in [3.8, 4) is 16.9 Å². The number of rotatable bonds is 10. The first-order chi connectivity index (χ1) is 18.6. The number of nitrogens with one attached hydrogen (secondary N) is 1. The van der Waals surface area contributed by atoms with E-state index in [2.05, 4.69) is 5.32 Å². The zero-order chi connectivity index (χ0) is 28.0. The first-order valence-electron chi connectivity index (χ1n) is 13.1. The molecule has 206 valence electrons. The Kier molecular flexibility index (Phi) is 9.04. The van der Waals surface area contributed by atoms with Gasteiger partial charge in [-0.15, -0.1) is 0 Å². The highest BCUT2D eigenvalue weighted by atomic mass is 32.2. The van der Waals surface area contributed by atoms with E-state index in [1.807, 2.05) is 61.2 Å². The van der Waals surface area contributed by atoms with Crippen molar-refractivity contribution in [2.75, 3.05) is 30.3 Å². The topological polar surface area (TPSA) is 113 Å². The Morgan fingerprint density at radius 3 is 2.62 bits per heavy atom. The number of fused-ring (bicyclic) bond motifs is 1. The molecule has 1 aliphatic heterocycles. The van der Waals surface area contributed by atoms with E-state index in [0.717, 1.165) is 46.5 Å². The number of ether oxygens (including phenoxy) is 1. The summed E-state index contributed by atoms with van der Waals surface area (Å²) >= 11 is 0. The van der Waals surface area contributed by atoms with Crippen LogP contribution in [-0.4, -0.2) is 50.2 Å². The highest BCUT2D eigenvalue weighted by Gasteiger charge is 2.24. The lowest BCUT2D eigenvalue weighted by molar-refractivity contribution is -0.118. The van der Waals surface area contributed by atoms with E-state index in [0.29, 0.717) is 31.6 Å². The van der Waals surface area contributed by atoms with Crippen LogP contribution in [0.15, 0.2) is 60.7 Å². The SMILES string of the molecule is Cc1cccc(OCCCC(=O)N2CCCc3c(-c4cccc(C(=O)NCCS(=O)(=O)O)c4)cccc32)c1C. The van der Waals surface area contributed by atoms with Gasteiger partial charge in [-0.3, -0.25) is 14.1 Å². The maximum atomic E-state index is 13.2. The largest absolute Gasteiger partial charge is 0.493 e. The number of amides is 2. The average Bonchev–Trinajstić information content (AvgIpc) is 2.91. The van der Waals surface area contributed by atoms with Crippen molar-refractivity contribution >= 4 is 27.6 Å². The summed E-state index contributed by atoms with van der Waals surface area (Å²) in [5.74, 6) is -0.0637. The summed E-state index contributed by atoms with van der Waals surface area (Å²) in [7, 11) is -4.15. The molecule has 0 atom stereocenters. The molecular weight excluding hydrogens is 516 g/mol. The molecule has 0 radical (unpaired) electrons. The van der Waals surface area contributed by atoms with Gasteiger partial charge in [0.25, 0.3) is 16.0 Å². The Bertz CT molecular complexity index is 1470. The first-order valence-corrected chi connectivity index (χ1v) is 14.7. The van der Waals surface area contributed by atoms with Crippen LogP contribution in [0, 0.1) is 13.8 Å². The first kappa shape index (κ1) is 28.3. The molecule has 0 unspecified atom stereocenters. The third-order valence-electron chi connectivity index (χ3n) is 6.98. The Labute approximate surface area is 229 Å². The quantitative estimate of drug-likeness (QED) is 0.279. The van der Waals surface area contributed by atoms with Gasteiger partial charge in [0, 0.05) is 30.8 Å². The molecule has 3 aromatic carbocycles. The Morgan fingerprint density at radius 1 is 1.05 bits per heavy atom. The zero-order valence-electron chi connectivity index (χ0n) is 22.3. The van der Waals surface area contributed by atoms with Gasteiger partial charge in [0.1, 0.15) is 5.75 Å². The number of nitrogens with zero attached hydrogens (tertiary/aromatic N) is 1. The third-order valence-corrected chi connectivity index (χ3v) is 7.70. The fourth-order valence-electron chi connectivity index (χ4n) is 4.80. The minimum Gasteiger partial charge on any atom is -0.493 e. The molecule has 1 heterocycles. The maximum absolute atomic E-state index is 13.2. The molecule has 2 N–H and O–H groups in total. The van der Waals surface area contributed by atoms with E-state index < -0.39 is 21.8 Å². The Hall–Kier alpha value is -3.69. The van der Waals surface area contributed by atoms with Gasteiger partial charge >= 0.3 is 0 Å². The molecule has 39 heavy (non-hydrogen) atoms. The second-order valence-corrected chi connectivity index (χ2v) is 11.3. The van der Waals surface area contributed by atoms with Gasteiger partial charge in [0.2, 0.25) is 5.91 Å². The molecule has 0 saturated carbocycles. The van der Waals surface area contributed by atoms with Crippen LogP contribution in [0.2, 0.25) is 0 Å². The summed E-state index contributed by atoms with van der Waals surface area (Å²) < 4.78 is 36.7. The monoisotopic (exact) mass is 550 g/mol. The molecule has 0 aromatic heterocycles. The molecule has 8 nitrogen and oxygen atoms in total. The van der Waals surface area contributed by atoms with E-state index >= 15 is 0 Å². The minimum absolute atomic E-state index is 0.0598. The third kappa shape index (κ3) is 7.25. The highest BCUT2D eigenvalue weighted by Crippen LogP contribution is 2.36. The summed E-state index contributed by atoms with van der Waals surface area (Å²) in [6.45, 7) is 5.02. The van der Waals surface area contributed by atoms with E-state index in [1.165, 1.54) is 5.56 Å². The lowest BCUT2D eigenvalue weighted by Crippen LogP contribution is -2.35. The number of carbonyl (C=O) groups is 2. The van der Waals surface area contributed by atoms with Crippen LogP contribution in [0.1, 0.15) is 46.3 Å². The number of benzene rings is 3. The van der Waals surface area contributed by atoms with Crippen molar-refractivity contribution in [3.05, 3.63) is 82.9 Å². The van der Waals surface area contributed by atoms with Gasteiger partial charge in [0.15, 0.2) is 0 Å². The fourth-order valence-corrected chi connectivity index (χ4v) is 5.16. The van der Waals surface area contributed by atoms with Crippen LogP contribution >= 0.6 is 0 Å². The maximum Gasteiger partial charge on any atom is 0.266 e. The number of anilines is 1. The van der Waals surface area contributed by atoms with E-state index in [-0.39, 0.29) is 12.5 Å². The highest BCUT2D eigenvalue weighted by molar-refractivity contribution is 7.85. The van der Waals surface area contributed by atoms with Crippen LogP contribution in [-0.2, 0) is 21.3 Å². The molecule has 3 aromatic rings. The van der Waals surface area contributed by atoms with Crippen molar-refractivity contribution < 1.29 is 27.3 Å². The molecule has 0 saturated heterocycles. The number of hydrogen-bond acceptors (Lipinski definition) is 5. The van der Waals surface area contributed by atoms with Gasteiger partial charge in [-0.2, -0.15) is 8.42 Å². The van der Waals surface area contributed by atoms with E-state index in [9.17, 15) is 18.0 Å². The summed E-state index contributed by atoms with van der Waals surface area (Å²) in [6, 6.07) is 18.9. The molecule has 9 heteroatoms. The predicted molar refractivity (Wildman–Crippen MR) is 152 cm³/mol. The van der Waals surface area contributed by atoms with Gasteiger partial charge < -0.3 is 15.0 Å². The molecule has 2 amide bonds. The second kappa shape index (κ2) is 12.4. The normalized spacial score (nSPS) is 13.1. The number of carbonyl (C=O) groups excluding carboxylic acids is 2. The standard InChI is InChI=1S/C30H34N2O6S/c1-21-8-3-14-28(22(21)2)38-18-7-15-29(33)32-17-6-12-26-25(11-5-13-27(26)32)23-9-4-10-24(20-23)30(34)31-16-19-39(35,36)37/h3-5,8-11,13-14,20H,6-7,12,15-19H2,1-2H3,(H,31,34)(H,35,36,37). The molecular formula is C30H34N2O6S. The number of hydrogen-bond donors (Lipinski definition) is 2. The Balaban J connectivity index is 1.44. The van der Waals surface area contributed by atoms with Crippen LogP contribution in [0.5, 0.6) is 5.75 Å². The van der Waals surface area contributed by atoms with Gasteiger partial charge in [-0.05, 0) is 85.2 Å². The average molecular weight is 551 g/mol. The molecule has 4 rings (SSSR count). The predicted octanol–water partition coefficient (Wildman–Crippen LogP) is 4.73. The minimum atomic E-state index is -4.15. The van der Waals surface area contributed by atoms with Crippen LogP contribution < -0.4 is 15.0 Å². The van der Waals surface area contributed by atoms with E-state index in [4.69, 9.17) is 9.29 Å². The lowest BCUT2D eigenvalue weighted by Gasteiger charge is -2.31. The van der Waals surface area contributed by atoms with Gasteiger partial charge in [0.05, 0.1) is 12.4 Å². The molecule has 0 bridgehead atoms. The van der Waals surface area contributed by atoms with Crippen molar-refractivity contribution in [1.29, 1.82) is 0 Å². The summed E-state index contributed by atoms with van der Waals surface area (Å²) in [6.07, 6.45) is 2.65. The van der Waals surface area contributed by atoms with Gasteiger partial charge in [-0.1, -0.05) is 36.4 Å². The molecule has 0 aliphatic carbocycles. The summed E-state index contributed by atoms with van der Waals surface area (Å²) in [5, 5.41) is 2.52. The lowest BCUT2D eigenvalue weighted by atomic mass is 9.91. The zero-order valence-corrected chi connectivity index (χ0v) is 23.1. The van der Waals surface area contributed by atoms with Crippen molar-refractivity contribution in [1.82, 2.24) is 5.32 Å². The van der Waals surface area contributed by atoms with Gasteiger partial charge in [-0.25, -0.2) is 0 Å². The molecule has 1 aliphatic rings. The molecule has 0 fully saturated rings. The second-order valence-electron chi connectivity index (χ2n) is 9.72. The van der Waals surface area contributed by atoms with Crippen LogP contribution in [0.4, 0.5) is 5.69 Å². The number of aryl methyl sites for hydroxylation is 1. The summed E-state index contributed by atoms with van der Waals surface area (Å²) in [4.78, 5) is 27.6.